The molecule has 0 bridgehead atoms. The lowest BCUT2D eigenvalue weighted by Crippen LogP contribution is -2.20. The minimum atomic E-state index is -0.843. The molecule has 1 amide bonds. The zero-order valence-electron chi connectivity index (χ0n) is 14.3. The van der Waals surface area contributed by atoms with Crippen LogP contribution in [0.5, 0.6) is 0 Å². The highest BCUT2D eigenvalue weighted by molar-refractivity contribution is 6.32. The molecule has 3 aromatic rings. The van der Waals surface area contributed by atoms with Crippen molar-refractivity contribution in [1.29, 1.82) is 0 Å². The maximum Gasteiger partial charge on any atom is 0.331 e. The number of nitrogens with one attached hydrogen (secondary N) is 1. The first-order valence-electron chi connectivity index (χ1n) is 8.00. The average molecular weight is 402 g/mol. The normalized spacial score (nSPS) is 10.8. The van der Waals surface area contributed by atoms with E-state index in [2.05, 4.69) is 15.5 Å². The summed E-state index contributed by atoms with van der Waals surface area (Å²) < 4.78 is 23.7. The molecule has 0 saturated heterocycles. The van der Waals surface area contributed by atoms with Gasteiger partial charge in [-0.1, -0.05) is 41.0 Å². The largest absolute Gasteiger partial charge is 0.452 e. The molecule has 28 heavy (non-hydrogen) atoms. The van der Waals surface area contributed by atoms with Gasteiger partial charge in [-0.15, -0.1) is 5.10 Å². The Balaban J connectivity index is 1.51. The first-order valence-corrected chi connectivity index (χ1v) is 8.38. The quantitative estimate of drug-likeness (QED) is 0.499. The molecule has 0 atom stereocenters. The standard InChI is InChI=1S/C19H13ClFN3O4/c20-14-7-4-8-15(21)13(14)9-10-17(26)27-11-16(25)22-19-24-23-18(28-19)12-5-2-1-3-6-12/h1-10H,11H2,(H,22,24,25)/b10-9+. The zero-order chi connectivity index (χ0) is 19.9. The van der Waals surface area contributed by atoms with Crippen LogP contribution in [0.25, 0.3) is 17.5 Å². The van der Waals surface area contributed by atoms with Gasteiger partial charge in [0.1, 0.15) is 5.82 Å². The fourth-order valence-electron chi connectivity index (χ4n) is 2.13. The predicted molar refractivity (Wildman–Crippen MR) is 99.8 cm³/mol. The Morgan fingerprint density at radius 3 is 2.68 bits per heavy atom. The fraction of sp³-hybridized carbons (Fsp3) is 0.0526. The molecule has 2 aromatic carbocycles. The van der Waals surface area contributed by atoms with E-state index in [0.29, 0.717) is 5.56 Å². The molecule has 0 aliphatic heterocycles. The van der Waals surface area contributed by atoms with Gasteiger partial charge in [-0.05, 0) is 30.3 Å². The molecule has 9 heteroatoms. The second-order valence-electron chi connectivity index (χ2n) is 5.40. The van der Waals surface area contributed by atoms with E-state index in [1.807, 2.05) is 6.07 Å². The molecule has 0 saturated carbocycles. The van der Waals surface area contributed by atoms with Crippen LogP contribution >= 0.6 is 11.6 Å². The fourth-order valence-corrected chi connectivity index (χ4v) is 2.36. The number of anilines is 1. The van der Waals surface area contributed by atoms with Crippen LogP contribution in [0.4, 0.5) is 10.4 Å². The third-order valence-electron chi connectivity index (χ3n) is 3.42. The number of carbonyl (C=O) groups excluding carboxylic acids is 2. The molecule has 0 fully saturated rings. The maximum absolute atomic E-state index is 13.6. The van der Waals surface area contributed by atoms with E-state index >= 15 is 0 Å². The van der Waals surface area contributed by atoms with Crippen molar-refractivity contribution in [2.24, 2.45) is 0 Å². The summed E-state index contributed by atoms with van der Waals surface area (Å²) in [5.41, 5.74) is 0.740. The van der Waals surface area contributed by atoms with Crippen LogP contribution in [0.15, 0.2) is 59.0 Å². The van der Waals surface area contributed by atoms with Crippen LogP contribution in [0.1, 0.15) is 5.56 Å². The Morgan fingerprint density at radius 2 is 1.93 bits per heavy atom. The van der Waals surface area contributed by atoms with Crippen molar-refractivity contribution >= 4 is 35.6 Å². The molecule has 0 aliphatic carbocycles. The van der Waals surface area contributed by atoms with E-state index in [9.17, 15) is 14.0 Å². The third-order valence-corrected chi connectivity index (χ3v) is 3.75. The van der Waals surface area contributed by atoms with Gasteiger partial charge in [0.05, 0.1) is 5.02 Å². The summed E-state index contributed by atoms with van der Waals surface area (Å²) in [5, 5.41) is 9.98. The average Bonchev–Trinajstić information content (AvgIpc) is 3.15. The van der Waals surface area contributed by atoms with E-state index in [1.54, 1.807) is 24.3 Å². The number of amides is 1. The highest BCUT2D eigenvalue weighted by Gasteiger charge is 2.12. The number of ether oxygens (including phenoxy) is 1. The van der Waals surface area contributed by atoms with Crippen LogP contribution in [-0.2, 0) is 14.3 Å². The van der Waals surface area contributed by atoms with Gasteiger partial charge < -0.3 is 9.15 Å². The highest BCUT2D eigenvalue weighted by atomic mass is 35.5. The van der Waals surface area contributed by atoms with E-state index in [4.69, 9.17) is 20.8 Å². The maximum atomic E-state index is 13.6. The predicted octanol–water partition coefficient (Wildman–Crippen LogP) is 3.72. The van der Waals surface area contributed by atoms with Gasteiger partial charge in [-0.3, -0.25) is 10.1 Å². The smallest absolute Gasteiger partial charge is 0.331 e. The van der Waals surface area contributed by atoms with Gasteiger partial charge in [-0.25, -0.2) is 9.18 Å². The Kier molecular flexibility index (Phi) is 6.13. The van der Waals surface area contributed by atoms with Crippen molar-refractivity contribution in [2.75, 3.05) is 11.9 Å². The molecular weight excluding hydrogens is 389 g/mol. The van der Waals surface area contributed by atoms with Crippen LogP contribution in [0, 0.1) is 5.82 Å². The van der Waals surface area contributed by atoms with Gasteiger partial charge in [0, 0.05) is 17.2 Å². The van der Waals surface area contributed by atoms with E-state index in [-0.39, 0.29) is 22.5 Å². The van der Waals surface area contributed by atoms with Gasteiger partial charge >= 0.3 is 12.0 Å². The molecule has 3 rings (SSSR count). The number of nitrogens with zero attached hydrogens (tertiary/aromatic N) is 2. The van der Waals surface area contributed by atoms with Crippen LogP contribution in [0.3, 0.4) is 0 Å². The summed E-state index contributed by atoms with van der Waals surface area (Å²) in [6.07, 6.45) is 2.14. The molecule has 0 unspecified atom stereocenters. The Morgan fingerprint density at radius 1 is 1.14 bits per heavy atom. The van der Waals surface area contributed by atoms with Crippen molar-refractivity contribution in [3.63, 3.8) is 0 Å². The number of rotatable bonds is 6. The third kappa shape index (κ3) is 5.01. The van der Waals surface area contributed by atoms with E-state index in [1.165, 1.54) is 24.3 Å². The molecule has 142 valence electrons. The van der Waals surface area contributed by atoms with E-state index in [0.717, 1.165) is 6.08 Å². The Hall–Kier alpha value is -3.52. The minimum absolute atomic E-state index is 0.0462. The van der Waals surface area contributed by atoms with Crippen molar-refractivity contribution in [3.05, 3.63) is 71.0 Å². The number of hydrogen-bond acceptors (Lipinski definition) is 6. The zero-order valence-corrected chi connectivity index (χ0v) is 15.0. The van der Waals surface area contributed by atoms with Gasteiger partial charge in [0.2, 0.25) is 5.89 Å². The number of aromatic nitrogens is 2. The number of carbonyl (C=O) groups is 2. The Bertz CT molecular complexity index is 1000. The molecule has 0 spiro atoms. The molecular formula is C19H13ClFN3O4. The number of halogens is 2. The summed E-state index contributed by atoms with van der Waals surface area (Å²) >= 11 is 5.85. The molecule has 0 aliphatic rings. The molecule has 1 N–H and O–H groups in total. The summed E-state index contributed by atoms with van der Waals surface area (Å²) in [6, 6.07) is 13.0. The van der Waals surface area contributed by atoms with Gasteiger partial charge in [0.15, 0.2) is 6.61 Å². The van der Waals surface area contributed by atoms with E-state index < -0.39 is 24.3 Å². The lowest BCUT2D eigenvalue weighted by Gasteiger charge is -2.02. The number of hydrogen-bond donors (Lipinski definition) is 1. The topological polar surface area (TPSA) is 94.3 Å². The minimum Gasteiger partial charge on any atom is -0.452 e. The summed E-state index contributed by atoms with van der Waals surface area (Å²) in [4.78, 5) is 23.5. The van der Waals surface area contributed by atoms with Crippen molar-refractivity contribution < 1.29 is 23.1 Å². The number of esters is 1. The molecule has 1 aromatic heterocycles. The van der Waals surface area contributed by atoms with Crippen LogP contribution < -0.4 is 5.32 Å². The second kappa shape index (κ2) is 8.92. The monoisotopic (exact) mass is 401 g/mol. The van der Waals surface area contributed by atoms with Crippen molar-refractivity contribution in [3.8, 4) is 11.5 Å². The second-order valence-corrected chi connectivity index (χ2v) is 5.81. The first kappa shape index (κ1) is 19.2. The summed E-state index contributed by atoms with van der Waals surface area (Å²) in [6.45, 7) is -0.586. The molecule has 1 heterocycles. The Labute approximate surface area is 163 Å². The summed E-state index contributed by atoms with van der Waals surface area (Å²) in [7, 11) is 0. The summed E-state index contributed by atoms with van der Waals surface area (Å²) in [5.74, 6) is -1.86. The lowest BCUT2D eigenvalue weighted by molar-refractivity contribution is -0.142. The number of benzene rings is 2. The van der Waals surface area contributed by atoms with Crippen LogP contribution in [-0.4, -0.2) is 28.7 Å². The SMILES string of the molecule is O=C(COC(=O)/C=C/c1c(F)cccc1Cl)Nc1nnc(-c2ccccc2)o1. The molecule has 0 radical (unpaired) electrons. The van der Waals surface area contributed by atoms with Crippen molar-refractivity contribution in [2.45, 2.75) is 0 Å². The highest BCUT2D eigenvalue weighted by Crippen LogP contribution is 2.20. The first-order chi connectivity index (χ1) is 13.5. The van der Waals surface area contributed by atoms with Gasteiger partial charge in [0.25, 0.3) is 5.91 Å². The lowest BCUT2D eigenvalue weighted by atomic mass is 10.2. The van der Waals surface area contributed by atoms with Gasteiger partial charge in [-0.2, -0.15) is 0 Å². The van der Waals surface area contributed by atoms with Crippen molar-refractivity contribution in [1.82, 2.24) is 10.2 Å². The van der Waals surface area contributed by atoms with Crippen LogP contribution in [0.2, 0.25) is 5.02 Å². The molecule has 7 nitrogen and oxygen atoms in total.